The van der Waals surface area contributed by atoms with Crippen LogP contribution in [-0.2, 0) is 0 Å². The second-order valence-electron chi connectivity index (χ2n) is 4.34. The predicted molar refractivity (Wildman–Crippen MR) is 54.4 cm³/mol. The van der Waals surface area contributed by atoms with Crippen molar-refractivity contribution in [1.29, 1.82) is 0 Å². The second kappa shape index (κ2) is 4.40. The Morgan fingerprint density at radius 2 is 1.46 bits per heavy atom. The molecule has 0 aliphatic carbocycles. The molecule has 0 radical (unpaired) electrons. The molecule has 2 heterocycles. The van der Waals surface area contributed by atoms with Crippen molar-refractivity contribution in [3.63, 3.8) is 0 Å². The summed E-state index contributed by atoms with van der Waals surface area (Å²) in [6.07, 6.45) is 2.76. The fourth-order valence-corrected chi connectivity index (χ4v) is 2.21. The van der Waals surface area contributed by atoms with E-state index in [2.05, 4.69) is 22.3 Å². The van der Waals surface area contributed by atoms with Gasteiger partial charge in [0.05, 0.1) is 0 Å². The van der Waals surface area contributed by atoms with Crippen LogP contribution in [0, 0.1) is 5.92 Å². The zero-order valence-corrected chi connectivity index (χ0v) is 8.63. The quantitative estimate of drug-likeness (QED) is 0.640. The summed E-state index contributed by atoms with van der Waals surface area (Å²) >= 11 is 0. The molecule has 0 spiro atoms. The molecule has 3 heteroatoms. The van der Waals surface area contributed by atoms with Gasteiger partial charge < -0.3 is 5.32 Å². The largest absolute Gasteiger partial charge is 0.314 e. The Hall–Kier alpha value is -0.120. The van der Waals surface area contributed by atoms with Crippen molar-refractivity contribution in [2.24, 2.45) is 5.92 Å². The molecule has 0 aromatic carbocycles. The molecule has 3 nitrogen and oxygen atoms in total. The summed E-state index contributed by atoms with van der Waals surface area (Å²) in [6, 6.07) is 0. The van der Waals surface area contributed by atoms with Crippen LogP contribution in [0.4, 0.5) is 0 Å². The number of hydrogen-bond donors (Lipinski definition) is 1. The van der Waals surface area contributed by atoms with Crippen LogP contribution in [0.25, 0.3) is 0 Å². The summed E-state index contributed by atoms with van der Waals surface area (Å²) in [5.74, 6) is 0.944. The summed E-state index contributed by atoms with van der Waals surface area (Å²) in [4.78, 5) is 0. The molecule has 0 aromatic rings. The first-order chi connectivity index (χ1) is 6.36. The number of rotatable bonds is 1. The maximum atomic E-state index is 3.39. The van der Waals surface area contributed by atoms with E-state index in [4.69, 9.17) is 0 Å². The monoisotopic (exact) mass is 183 g/mol. The average Bonchev–Trinajstić information content (AvgIpc) is 2.20. The van der Waals surface area contributed by atoms with Crippen LogP contribution in [0.1, 0.15) is 19.8 Å². The Morgan fingerprint density at radius 3 is 2.08 bits per heavy atom. The minimum Gasteiger partial charge on any atom is -0.314 e. The molecule has 0 amide bonds. The highest BCUT2D eigenvalue weighted by Crippen LogP contribution is 2.17. The summed E-state index contributed by atoms with van der Waals surface area (Å²) in [7, 11) is 0. The third-order valence-electron chi connectivity index (χ3n) is 3.25. The summed E-state index contributed by atoms with van der Waals surface area (Å²) < 4.78 is 0. The number of piperazine rings is 1. The van der Waals surface area contributed by atoms with E-state index >= 15 is 0 Å². The molecule has 2 rings (SSSR count). The lowest BCUT2D eigenvalue weighted by Crippen LogP contribution is -2.54. The number of piperidine rings is 1. The van der Waals surface area contributed by atoms with Crippen molar-refractivity contribution in [2.75, 3.05) is 39.3 Å². The van der Waals surface area contributed by atoms with E-state index < -0.39 is 0 Å². The van der Waals surface area contributed by atoms with E-state index in [1.54, 1.807) is 0 Å². The van der Waals surface area contributed by atoms with Crippen LogP contribution < -0.4 is 5.32 Å². The predicted octanol–water partition coefficient (Wildman–Crippen LogP) is 0.539. The van der Waals surface area contributed by atoms with Crippen LogP contribution in [0.5, 0.6) is 0 Å². The fourth-order valence-electron chi connectivity index (χ4n) is 2.21. The number of nitrogens with zero attached hydrogens (tertiary/aromatic N) is 2. The summed E-state index contributed by atoms with van der Waals surface area (Å²) in [5, 5.41) is 8.48. The normalized spacial score (nSPS) is 29.3. The third kappa shape index (κ3) is 2.42. The van der Waals surface area contributed by atoms with Gasteiger partial charge in [0.25, 0.3) is 0 Å². The smallest absolute Gasteiger partial charge is 0.0259 e. The third-order valence-corrected chi connectivity index (χ3v) is 3.25. The van der Waals surface area contributed by atoms with Gasteiger partial charge >= 0.3 is 0 Å². The van der Waals surface area contributed by atoms with E-state index in [1.165, 1.54) is 39.0 Å². The maximum absolute atomic E-state index is 3.39. The maximum Gasteiger partial charge on any atom is 0.0259 e. The molecule has 0 aromatic heterocycles. The molecule has 2 fully saturated rings. The minimum atomic E-state index is 0.944. The van der Waals surface area contributed by atoms with Crippen molar-refractivity contribution >= 4 is 0 Å². The van der Waals surface area contributed by atoms with E-state index in [9.17, 15) is 0 Å². The Balaban J connectivity index is 1.79. The lowest BCUT2D eigenvalue weighted by molar-refractivity contribution is -0.0548. The zero-order valence-electron chi connectivity index (χ0n) is 8.63. The van der Waals surface area contributed by atoms with Crippen molar-refractivity contribution < 1.29 is 0 Å². The zero-order chi connectivity index (χ0) is 9.10. The lowest BCUT2D eigenvalue weighted by Gasteiger charge is -2.41. The highest BCUT2D eigenvalue weighted by atomic mass is 15.6. The van der Waals surface area contributed by atoms with Crippen LogP contribution in [0.15, 0.2) is 0 Å². The minimum absolute atomic E-state index is 0.944. The van der Waals surface area contributed by atoms with Crippen molar-refractivity contribution in [3.05, 3.63) is 0 Å². The molecule has 0 bridgehead atoms. The molecular weight excluding hydrogens is 162 g/mol. The van der Waals surface area contributed by atoms with E-state index in [0.717, 1.165) is 19.0 Å². The Bertz CT molecular complexity index is 146. The van der Waals surface area contributed by atoms with Gasteiger partial charge in [0.2, 0.25) is 0 Å². The van der Waals surface area contributed by atoms with Crippen LogP contribution >= 0.6 is 0 Å². The number of hydrazine groups is 1. The van der Waals surface area contributed by atoms with E-state index in [-0.39, 0.29) is 0 Å². The van der Waals surface area contributed by atoms with Crippen molar-refractivity contribution in [2.45, 2.75) is 19.8 Å². The highest BCUT2D eigenvalue weighted by Gasteiger charge is 2.21. The molecule has 0 unspecified atom stereocenters. The Morgan fingerprint density at radius 1 is 0.923 bits per heavy atom. The Labute approximate surface area is 81.1 Å². The van der Waals surface area contributed by atoms with Crippen molar-refractivity contribution in [1.82, 2.24) is 15.3 Å². The molecule has 0 saturated carbocycles. The van der Waals surface area contributed by atoms with Gasteiger partial charge in [-0.2, -0.15) is 0 Å². The molecular formula is C10H21N3. The first-order valence-electron chi connectivity index (χ1n) is 5.57. The summed E-state index contributed by atoms with van der Waals surface area (Å²) in [6.45, 7) is 9.65. The molecule has 76 valence electrons. The SMILES string of the molecule is CC1CCN(N2CCNCC2)CC1. The van der Waals surface area contributed by atoms with Gasteiger partial charge in [0.15, 0.2) is 0 Å². The van der Waals surface area contributed by atoms with Crippen molar-refractivity contribution in [3.8, 4) is 0 Å². The first kappa shape index (κ1) is 9.44. The standard InChI is InChI=1S/C10H21N3/c1-10-2-6-12(7-3-10)13-8-4-11-5-9-13/h10-11H,2-9H2,1H3. The van der Waals surface area contributed by atoms with Gasteiger partial charge in [-0.25, -0.2) is 10.0 Å². The molecule has 0 atom stereocenters. The lowest BCUT2D eigenvalue weighted by atomic mass is 10.0. The van der Waals surface area contributed by atoms with Crippen LogP contribution in [0.2, 0.25) is 0 Å². The van der Waals surface area contributed by atoms with Gasteiger partial charge in [-0.3, -0.25) is 0 Å². The van der Waals surface area contributed by atoms with Gasteiger partial charge in [0.1, 0.15) is 0 Å². The van der Waals surface area contributed by atoms with Gasteiger partial charge in [-0.1, -0.05) is 6.92 Å². The molecule has 2 saturated heterocycles. The molecule has 13 heavy (non-hydrogen) atoms. The summed E-state index contributed by atoms with van der Waals surface area (Å²) in [5.41, 5.74) is 0. The fraction of sp³-hybridized carbons (Fsp3) is 1.00. The van der Waals surface area contributed by atoms with Gasteiger partial charge in [0, 0.05) is 39.3 Å². The second-order valence-corrected chi connectivity index (χ2v) is 4.34. The number of nitrogens with one attached hydrogen (secondary N) is 1. The van der Waals surface area contributed by atoms with Gasteiger partial charge in [-0.05, 0) is 18.8 Å². The molecule has 1 N–H and O–H groups in total. The highest BCUT2D eigenvalue weighted by molar-refractivity contribution is 4.72. The van der Waals surface area contributed by atoms with Gasteiger partial charge in [-0.15, -0.1) is 0 Å². The Kier molecular flexibility index (Phi) is 3.19. The topological polar surface area (TPSA) is 18.5 Å². The van der Waals surface area contributed by atoms with E-state index in [0.29, 0.717) is 0 Å². The average molecular weight is 183 g/mol. The number of hydrogen-bond acceptors (Lipinski definition) is 3. The van der Waals surface area contributed by atoms with E-state index in [1.807, 2.05) is 0 Å². The van der Waals surface area contributed by atoms with Crippen LogP contribution in [-0.4, -0.2) is 49.3 Å². The molecule has 2 aliphatic heterocycles. The first-order valence-corrected chi connectivity index (χ1v) is 5.57. The molecule has 2 aliphatic rings. The van der Waals surface area contributed by atoms with Crippen LogP contribution in [0.3, 0.4) is 0 Å².